The van der Waals surface area contributed by atoms with E-state index >= 15 is 0 Å². The van der Waals surface area contributed by atoms with E-state index < -0.39 is 6.04 Å². The van der Waals surface area contributed by atoms with E-state index in [4.69, 9.17) is 15.2 Å². The lowest BCUT2D eigenvalue weighted by molar-refractivity contribution is -0.125. The predicted octanol–water partition coefficient (Wildman–Crippen LogP) is 2.02. The minimum Gasteiger partial charge on any atom is -0.494 e. The van der Waals surface area contributed by atoms with E-state index in [0.29, 0.717) is 19.8 Å². The Morgan fingerprint density at radius 1 is 1.45 bits per heavy atom. The summed E-state index contributed by atoms with van der Waals surface area (Å²) >= 11 is 0. The molecule has 0 bridgehead atoms. The first-order chi connectivity index (χ1) is 10.6. The zero-order valence-corrected chi connectivity index (χ0v) is 13.4. The van der Waals surface area contributed by atoms with Gasteiger partial charge in [0.05, 0.1) is 18.7 Å². The van der Waals surface area contributed by atoms with Crippen LogP contribution in [0, 0.1) is 5.92 Å². The fourth-order valence-electron chi connectivity index (χ4n) is 2.72. The molecule has 2 atom stereocenters. The van der Waals surface area contributed by atoms with Crippen molar-refractivity contribution in [3.05, 3.63) is 29.8 Å². The van der Waals surface area contributed by atoms with Crippen LogP contribution < -0.4 is 15.8 Å². The molecule has 2 unspecified atom stereocenters. The number of hydrogen-bond donors (Lipinski definition) is 2. The SMILES string of the molecule is CCOc1cccc(C(C)NC(=O)C(N)C2CCOCC2)c1. The van der Waals surface area contributed by atoms with Crippen molar-refractivity contribution < 1.29 is 14.3 Å². The molecule has 3 N–H and O–H groups in total. The average Bonchev–Trinajstić information content (AvgIpc) is 2.55. The minimum absolute atomic E-state index is 0.0961. The Morgan fingerprint density at radius 3 is 2.86 bits per heavy atom. The number of ether oxygens (including phenoxy) is 2. The molecule has 1 heterocycles. The van der Waals surface area contributed by atoms with Crippen molar-refractivity contribution in [1.82, 2.24) is 5.32 Å². The molecule has 5 nitrogen and oxygen atoms in total. The van der Waals surface area contributed by atoms with E-state index in [0.717, 1.165) is 24.2 Å². The van der Waals surface area contributed by atoms with Gasteiger partial charge in [-0.3, -0.25) is 4.79 Å². The van der Waals surface area contributed by atoms with Gasteiger partial charge in [-0.2, -0.15) is 0 Å². The molecular weight excluding hydrogens is 280 g/mol. The first-order valence-electron chi connectivity index (χ1n) is 7.98. The maximum atomic E-state index is 12.3. The molecule has 1 fully saturated rings. The van der Waals surface area contributed by atoms with Crippen molar-refractivity contribution in [2.45, 2.75) is 38.8 Å². The number of rotatable bonds is 6. The molecule has 2 rings (SSSR count). The predicted molar refractivity (Wildman–Crippen MR) is 85.7 cm³/mol. The Labute approximate surface area is 132 Å². The summed E-state index contributed by atoms with van der Waals surface area (Å²) in [5, 5.41) is 3.00. The zero-order chi connectivity index (χ0) is 15.9. The molecule has 1 amide bonds. The Balaban J connectivity index is 1.93. The van der Waals surface area contributed by atoms with Crippen LogP contribution in [-0.2, 0) is 9.53 Å². The molecule has 122 valence electrons. The lowest BCUT2D eigenvalue weighted by Gasteiger charge is -2.28. The minimum atomic E-state index is -0.471. The molecule has 1 saturated heterocycles. The van der Waals surface area contributed by atoms with Crippen LogP contribution in [0.15, 0.2) is 24.3 Å². The van der Waals surface area contributed by atoms with Crippen LogP contribution in [0.25, 0.3) is 0 Å². The summed E-state index contributed by atoms with van der Waals surface area (Å²) in [7, 11) is 0. The standard InChI is InChI=1S/C17H26N2O3/c1-3-22-15-6-4-5-14(11-15)12(2)19-17(20)16(18)13-7-9-21-10-8-13/h4-6,11-13,16H,3,7-10,18H2,1-2H3,(H,19,20). The second-order valence-electron chi connectivity index (χ2n) is 5.71. The molecule has 22 heavy (non-hydrogen) atoms. The van der Waals surface area contributed by atoms with Gasteiger partial charge in [0.2, 0.25) is 5.91 Å². The monoisotopic (exact) mass is 306 g/mol. The van der Waals surface area contributed by atoms with Gasteiger partial charge in [-0.25, -0.2) is 0 Å². The van der Waals surface area contributed by atoms with Gasteiger partial charge < -0.3 is 20.5 Å². The Morgan fingerprint density at radius 2 is 2.18 bits per heavy atom. The molecule has 5 heteroatoms. The maximum Gasteiger partial charge on any atom is 0.237 e. The molecular formula is C17H26N2O3. The van der Waals surface area contributed by atoms with Crippen molar-refractivity contribution in [3.8, 4) is 5.75 Å². The molecule has 1 aliphatic rings. The topological polar surface area (TPSA) is 73.6 Å². The van der Waals surface area contributed by atoms with Crippen molar-refractivity contribution in [3.63, 3.8) is 0 Å². The van der Waals surface area contributed by atoms with E-state index in [1.807, 2.05) is 38.1 Å². The zero-order valence-electron chi connectivity index (χ0n) is 13.4. The van der Waals surface area contributed by atoms with Gasteiger partial charge in [0.15, 0.2) is 0 Å². The lowest BCUT2D eigenvalue weighted by Crippen LogP contribution is -2.47. The third-order valence-corrected chi connectivity index (χ3v) is 4.10. The van der Waals surface area contributed by atoms with E-state index in [9.17, 15) is 4.79 Å². The highest BCUT2D eigenvalue weighted by atomic mass is 16.5. The highest BCUT2D eigenvalue weighted by Crippen LogP contribution is 2.21. The summed E-state index contributed by atoms with van der Waals surface area (Å²) in [6.07, 6.45) is 1.70. The molecule has 0 aromatic heterocycles. The highest BCUT2D eigenvalue weighted by Gasteiger charge is 2.27. The van der Waals surface area contributed by atoms with Crippen LogP contribution in [0.5, 0.6) is 5.75 Å². The van der Waals surface area contributed by atoms with Crippen LogP contribution in [0.2, 0.25) is 0 Å². The second-order valence-corrected chi connectivity index (χ2v) is 5.71. The van der Waals surface area contributed by atoms with Gasteiger partial charge in [-0.15, -0.1) is 0 Å². The lowest BCUT2D eigenvalue weighted by atomic mass is 9.91. The molecule has 0 radical (unpaired) electrons. The third kappa shape index (κ3) is 4.45. The Bertz CT molecular complexity index is 487. The van der Waals surface area contributed by atoms with Gasteiger partial charge in [0.25, 0.3) is 0 Å². The van der Waals surface area contributed by atoms with Crippen molar-refractivity contribution in [1.29, 1.82) is 0 Å². The normalized spacial score (nSPS) is 18.5. The molecule has 0 saturated carbocycles. The van der Waals surface area contributed by atoms with Gasteiger partial charge in [0.1, 0.15) is 5.75 Å². The van der Waals surface area contributed by atoms with E-state index in [-0.39, 0.29) is 17.9 Å². The number of benzene rings is 1. The highest BCUT2D eigenvalue weighted by molar-refractivity contribution is 5.82. The van der Waals surface area contributed by atoms with Crippen molar-refractivity contribution in [2.24, 2.45) is 11.7 Å². The first-order valence-corrected chi connectivity index (χ1v) is 7.98. The van der Waals surface area contributed by atoms with Gasteiger partial charge >= 0.3 is 0 Å². The second kappa shape index (κ2) is 8.15. The molecule has 0 aliphatic carbocycles. The summed E-state index contributed by atoms with van der Waals surface area (Å²) in [5.41, 5.74) is 7.12. The average molecular weight is 306 g/mol. The number of nitrogens with one attached hydrogen (secondary N) is 1. The van der Waals surface area contributed by atoms with Crippen LogP contribution in [0.3, 0.4) is 0 Å². The van der Waals surface area contributed by atoms with Crippen molar-refractivity contribution in [2.75, 3.05) is 19.8 Å². The Kier molecular flexibility index (Phi) is 6.21. The summed E-state index contributed by atoms with van der Waals surface area (Å²) in [5.74, 6) is 0.923. The summed E-state index contributed by atoms with van der Waals surface area (Å²) < 4.78 is 10.8. The number of carbonyl (C=O) groups excluding carboxylic acids is 1. The first kappa shape index (κ1) is 16.8. The smallest absolute Gasteiger partial charge is 0.237 e. The largest absolute Gasteiger partial charge is 0.494 e. The van der Waals surface area contributed by atoms with E-state index in [1.54, 1.807) is 0 Å². The fourth-order valence-corrected chi connectivity index (χ4v) is 2.72. The maximum absolute atomic E-state index is 12.3. The molecule has 0 spiro atoms. The van der Waals surface area contributed by atoms with Crippen LogP contribution in [0.4, 0.5) is 0 Å². The summed E-state index contributed by atoms with van der Waals surface area (Å²) in [6.45, 7) is 5.92. The van der Waals surface area contributed by atoms with Crippen LogP contribution in [0.1, 0.15) is 38.3 Å². The fraction of sp³-hybridized carbons (Fsp3) is 0.588. The number of amides is 1. The number of hydrogen-bond acceptors (Lipinski definition) is 4. The van der Waals surface area contributed by atoms with Crippen LogP contribution >= 0.6 is 0 Å². The quantitative estimate of drug-likeness (QED) is 0.843. The van der Waals surface area contributed by atoms with Crippen LogP contribution in [-0.4, -0.2) is 31.8 Å². The Hall–Kier alpha value is -1.59. The molecule has 1 aliphatic heterocycles. The number of carbonyl (C=O) groups is 1. The summed E-state index contributed by atoms with van der Waals surface area (Å²) in [6, 6.07) is 7.21. The number of nitrogens with two attached hydrogens (primary N) is 1. The molecule has 1 aromatic carbocycles. The van der Waals surface area contributed by atoms with E-state index in [2.05, 4.69) is 5.32 Å². The van der Waals surface area contributed by atoms with E-state index in [1.165, 1.54) is 0 Å². The van der Waals surface area contributed by atoms with Gasteiger partial charge in [-0.05, 0) is 50.3 Å². The summed E-state index contributed by atoms with van der Waals surface area (Å²) in [4.78, 5) is 12.3. The van der Waals surface area contributed by atoms with Gasteiger partial charge in [-0.1, -0.05) is 12.1 Å². The molecule has 1 aromatic rings. The third-order valence-electron chi connectivity index (χ3n) is 4.10. The van der Waals surface area contributed by atoms with Gasteiger partial charge in [0, 0.05) is 13.2 Å². The van der Waals surface area contributed by atoms with Crippen molar-refractivity contribution >= 4 is 5.91 Å².